The van der Waals surface area contributed by atoms with Gasteiger partial charge in [0, 0.05) is 0 Å². The lowest BCUT2D eigenvalue weighted by Crippen LogP contribution is -2.41. The molecule has 0 aromatic heterocycles. The highest BCUT2D eigenvalue weighted by Crippen LogP contribution is 2.05. The Hall–Kier alpha value is -1.49. The molecule has 1 unspecified atom stereocenters. The summed E-state index contributed by atoms with van der Waals surface area (Å²) in [4.78, 5) is 22.4. The van der Waals surface area contributed by atoms with Crippen LogP contribution in [0.2, 0.25) is 0 Å². The molecule has 0 heterocycles. The van der Waals surface area contributed by atoms with Crippen LogP contribution >= 0.6 is 11.8 Å². The number of aryl methyl sites for hydroxylation is 1. The number of carbonyl (C=O) groups excluding carboxylic acids is 1. The highest BCUT2D eigenvalue weighted by atomic mass is 32.2. The first-order chi connectivity index (χ1) is 8.63. The number of amides is 1. The van der Waals surface area contributed by atoms with E-state index in [4.69, 9.17) is 5.11 Å². The third-order valence-electron chi connectivity index (χ3n) is 2.47. The Balaban J connectivity index is 2.48. The van der Waals surface area contributed by atoms with Gasteiger partial charge in [0.2, 0.25) is 5.91 Å². The van der Waals surface area contributed by atoms with Gasteiger partial charge in [-0.1, -0.05) is 30.3 Å². The number of carboxylic acids is 1. The molecule has 1 amide bonds. The zero-order valence-corrected chi connectivity index (χ0v) is 11.1. The third kappa shape index (κ3) is 5.23. The molecule has 0 saturated heterocycles. The smallest absolute Gasteiger partial charge is 0.326 e. The predicted molar refractivity (Wildman–Crippen MR) is 72.7 cm³/mol. The summed E-state index contributed by atoms with van der Waals surface area (Å²) in [7, 11) is 0. The number of hydrogen-bond acceptors (Lipinski definition) is 3. The molecule has 98 valence electrons. The quantitative estimate of drug-likeness (QED) is 0.786. The zero-order chi connectivity index (χ0) is 13.4. The molecule has 0 aliphatic heterocycles. The van der Waals surface area contributed by atoms with Crippen molar-refractivity contribution in [3.8, 4) is 0 Å². The normalized spacial score (nSPS) is 11.8. The van der Waals surface area contributed by atoms with Crippen molar-refractivity contribution in [3.63, 3.8) is 0 Å². The second kappa shape index (κ2) is 7.76. The summed E-state index contributed by atoms with van der Waals surface area (Å²) in [6.07, 6.45) is 2.84. The minimum Gasteiger partial charge on any atom is -0.480 e. The summed E-state index contributed by atoms with van der Waals surface area (Å²) in [5.41, 5.74) is 1.07. The highest BCUT2D eigenvalue weighted by molar-refractivity contribution is 7.99. The van der Waals surface area contributed by atoms with Gasteiger partial charge in [-0.2, -0.15) is 11.8 Å². The first kappa shape index (κ1) is 14.6. The van der Waals surface area contributed by atoms with Crippen LogP contribution in [0.1, 0.15) is 12.0 Å². The molecule has 1 aromatic rings. The lowest BCUT2D eigenvalue weighted by atomic mass is 10.1. The Bertz CT molecular complexity index is 394. The maximum Gasteiger partial charge on any atom is 0.326 e. The van der Waals surface area contributed by atoms with E-state index in [1.165, 1.54) is 11.8 Å². The molecular weight excluding hydrogens is 250 g/mol. The van der Waals surface area contributed by atoms with Crippen molar-refractivity contribution in [3.05, 3.63) is 35.9 Å². The number of hydrogen-bond donors (Lipinski definition) is 2. The number of nitrogens with one attached hydrogen (secondary N) is 1. The lowest BCUT2D eigenvalue weighted by Gasteiger charge is -2.14. The van der Waals surface area contributed by atoms with E-state index < -0.39 is 12.0 Å². The van der Waals surface area contributed by atoms with Crippen LogP contribution < -0.4 is 5.32 Å². The molecule has 0 aliphatic carbocycles. The number of thioether (sulfide) groups is 1. The molecule has 0 bridgehead atoms. The van der Waals surface area contributed by atoms with E-state index in [1.807, 2.05) is 30.3 Å². The number of benzene rings is 1. The molecule has 2 N–H and O–H groups in total. The van der Waals surface area contributed by atoms with Crippen molar-refractivity contribution in [2.45, 2.75) is 18.9 Å². The molecule has 1 rings (SSSR count). The Morgan fingerprint density at radius 2 is 2.00 bits per heavy atom. The minimum atomic E-state index is -0.986. The molecule has 1 atom stereocenters. The van der Waals surface area contributed by atoms with Crippen LogP contribution in [0.3, 0.4) is 0 Å². The van der Waals surface area contributed by atoms with E-state index in [-0.39, 0.29) is 11.7 Å². The van der Waals surface area contributed by atoms with Gasteiger partial charge in [-0.05, 0) is 24.7 Å². The van der Waals surface area contributed by atoms with Crippen LogP contribution in [-0.4, -0.2) is 35.0 Å². The van der Waals surface area contributed by atoms with Crippen LogP contribution in [0.5, 0.6) is 0 Å². The molecule has 0 spiro atoms. The minimum absolute atomic E-state index is 0.233. The summed E-state index contributed by atoms with van der Waals surface area (Å²) >= 11 is 1.37. The summed E-state index contributed by atoms with van der Waals surface area (Å²) in [5.74, 6) is -0.932. The average molecular weight is 267 g/mol. The van der Waals surface area contributed by atoms with Crippen molar-refractivity contribution >= 4 is 23.6 Å². The fraction of sp³-hybridized carbons (Fsp3) is 0.385. The predicted octanol–water partition coefficient (Wildman–Crippen LogP) is 1.55. The van der Waals surface area contributed by atoms with Gasteiger partial charge in [-0.25, -0.2) is 4.79 Å². The van der Waals surface area contributed by atoms with Gasteiger partial charge in [-0.3, -0.25) is 4.79 Å². The van der Waals surface area contributed by atoms with E-state index in [0.717, 1.165) is 5.56 Å². The van der Waals surface area contributed by atoms with E-state index in [9.17, 15) is 9.59 Å². The van der Waals surface area contributed by atoms with Gasteiger partial charge in [0.15, 0.2) is 0 Å². The van der Waals surface area contributed by atoms with Crippen molar-refractivity contribution in [2.75, 3.05) is 12.0 Å². The zero-order valence-electron chi connectivity index (χ0n) is 10.3. The summed E-state index contributed by atoms with van der Waals surface area (Å²) in [5, 5.41) is 11.6. The van der Waals surface area contributed by atoms with Gasteiger partial charge < -0.3 is 10.4 Å². The second-order valence-electron chi connectivity index (χ2n) is 3.92. The molecule has 18 heavy (non-hydrogen) atoms. The van der Waals surface area contributed by atoms with Crippen LogP contribution in [-0.2, 0) is 16.0 Å². The van der Waals surface area contributed by atoms with Gasteiger partial charge in [0.1, 0.15) is 6.04 Å². The maximum atomic E-state index is 11.4. The number of carbonyl (C=O) groups is 2. The highest BCUT2D eigenvalue weighted by Gasteiger charge is 2.19. The van der Waals surface area contributed by atoms with Gasteiger partial charge in [-0.15, -0.1) is 0 Å². The van der Waals surface area contributed by atoms with E-state index >= 15 is 0 Å². The van der Waals surface area contributed by atoms with Gasteiger partial charge in [0.25, 0.3) is 0 Å². The maximum absolute atomic E-state index is 11.4. The molecule has 0 aliphatic rings. The Morgan fingerprint density at radius 3 is 2.56 bits per heavy atom. The largest absolute Gasteiger partial charge is 0.480 e. The van der Waals surface area contributed by atoms with Gasteiger partial charge in [0.05, 0.1) is 5.75 Å². The summed E-state index contributed by atoms with van der Waals surface area (Å²) < 4.78 is 0. The molecule has 5 heteroatoms. The molecule has 0 fully saturated rings. The summed E-state index contributed by atoms with van der Waals surface area (Å²) in [6, 6.07) is 8.82. The molecule has 1 aromatic carbocycles. The topological polar surface area (TPSA) is 66.4 Å². The average Bonchev–Trinajstić information content (AvgIpc) is 2.35. The molecule has 0 radical (unpaired) electrons. The van der Waals surface area contributed by atoms with Crippen LogP contribution in [0.4, 0.5) is 0 Å². The SMILES string of the molecule is CSCC(=O)NC(CCc1ccccc1)C(=O)O. The van der Waals surface area contributed by atoms with Crippen LogP contribution in [0.25, 0.3) is 0 Å². The Kier molecular flexibility index (Phi) is 6.28. The van der Waals surface area contributed by atoms with E-state index in [1.54, 1.807) is 6.26 Å². The van der Waals surface area contributed by atoms with Crippen molar-refractivity contribution in [2.24, 2.45) is 0 Å². The van der Waals surface area contributed by atoms with Crippen LogP contribution in [0, 0.1) is 0 Å². The van der Waals surface area contributed by atoms with Crippen molar-refractivity contribution < 1.29 is 14.7 Å². The first-order valence-electron chi connectivity index (χ1n) is 5.68. The Labute approximate surface area is 111 Å². The molecular formula is C13H17NO3S. The summed E-state index contributed by atoms with van der Waals surface area (Å²) in [6.45, 7) is 0. The lowest BCUT2D eigenvalue weighted by molar-refractivity contribution is -0.141. The Morgan fingerprint density at radius 1 is 1.33 bits per heavy atom. The monoisotopic (exact) mass is 267 g/mol. The standard InChI is InChI=1S/C13H17NO3S/c1-18-9-12(15)14-11(13(16)17)8-7-10-5-3-2-4-6-10/h2-6,11H,7-9H2,1H3,(H,14,15)(H,16,17). The molecule has 4 nitrogen and oxygen atoms in total. The van der Waals surface area contributed by atoms with Crippen molar-refractivity contribution in [1.82, 2.24) is 5.32 Å². The fourth-order valence-corrected chi connectivity index (χ4v) is 1.93. The fourth-order valence-electron chi connectivity index (χ4n) is 1.58. The number of carboxylic acid groups (broad SMARTS) is 1. The number of rotatable bonds is 7. The third-order valence-corrected chi connectivity index (χ3v) is 3.02. The van der Waals surface area contributed by atoms with Gasteiger partial charge >= 0.3 is 5.97 Å². The second-order valence-corrected chi connectivity index (χ2v) is 4.78. The van der Waals surface area contributed by atoms with E-state index in [0.29, 0.717) is 12.8 Å². The van der Waals surface area contributed by atoms with Crippen LogP contribution in [0.15, 0.2) is 30.3 Å². The van der Waals surface area contributed by atoms with Crippen molar-refractivity contribution in [1.29, 1.82) is 0 Å². The molecule has 0 saturated carbocycles. The van der Waals surface area contributed by atoms with E-state index in [2.05, 4.69) is 5.32 Å². The first-order valence-corrected chi connectivity index (χ1v) is 7.08. The number of aliphatic carboxylic acids is 1.